The summed E-state index contributed by atoms with van der Waals surface area (Å²) in [6.07, 6.45) is 0.666. The third-order valence-corrected chi connectivity index (χ3v) is 7.40. The van der Waals surface area contributed by atoms with Crippen LogP contribution < -0.4 is 10.1 Å². The summed E-state index contributed by atoms with van der Waals surface area (Å²) in [5, 5.41) is 7.68. The maximum atomic E-state index is 12.9. The molecule has 2 saturated heterocycles. The number of nitrogens with zero attached hydrogens (tertiary/aromatic N) is 5. The minimum Gasteiger partial charge on any atom is -0.481 e. The zero-order chi connectivity index (χ0) is 25.4. The molecule has 4 heterocycles. The SMILES string of the molecule is Cc1cc(C(=O)N2CCN(C(=O)COc3cccc4c(C5CCC(=O)NC5=O)nn(C)c34)CC2)sn1. The molecule has 0 radical (unpaired) electrons. The molecule has 1 unspecified atom stereocenters. The number of fused-ring (bicyclic) bond motifs is 1. The van der Waals surface area contributed by atoms with Crippen LogP contribution in [-0.4, -0.2) is 80.4 Å². The number of ether oxygens (including phenoxy) is 1. The minimum absolute atomic E-state index is 0.0568. The second kappa shape index (κ2) is 9.69. The first-order valence-electron chi connectivity index (χ1n) is 11.7. The molecule has 1 N–H and O–H groups in total. The third-order valence-electron chi connectivity index (χ3n) is 6.54. The largest absolute Gasteiger partial charge is 0.481 e. The Labute approximate surface area is 211 Å². The molecule has 0 saturated carbocycles. The first kappa shape index (κ1) is 23.9. The van der Waals surface area contributed by atoms with Crippen molar-refractivity contribution in [3.05, 3.63) is 40.5 Å². The van der Waals surface area contributed by atoms with E-state index in [-0.39, 0.29) is 36.7 Å². The van der Waals surface area contributed by atoms with Gasteiger partial charge in [-0.3, -0.25) is 29.2 Å². The number of piperidine rings is 1. The molecule has 12 heteroatoms. The van der Waals surface area contributed by atoms with Crippen molar-refractivity contribution < 1.29 is 23.9 Å². The van der Waals surface area contributed by atoms with E-state index in [1.54, 1.807) is 39.7 Å². The Morgan fingerprint density at radius 2 is 1.92 bits per heavy atom. The molecule has 2 aliphatic heterocycles. The van der Waals surface area contributed by atoms with Crippen LogP contribution in [0.4, 0.5) is 0 Å². The predicted octanol–water partition coefficient (Wildman–Crippen LogP) is 1.22. The van der Waals surface area contributed by atoms with Crippen molar-refractivity contribution in [2.75, 3.05) is 32.8 Å². The lowest BCUT2D eigenvalue weighted by molar-refractivity contribution is -0.135. The van der Waals surface area contributed by atoms with Crippen molar-refractivity contribution in [3.8, 4) is 5.75 Å². The molecule has 0 aliphatic carbocycles. The summed E-state index contributed by atoms with van der Waals surface area (Å²) in [6, 6.07) is 7.20. The molecule has 5 rings (SSSR count). The van der Waals surface area contributed by atoms with Crippen LogP contribution in [0.3, 0.4) is 0 Å². The fourth-order valence-corrected chi connectivity index (χ4v) is 5.39. The van der Waals surface area contributed by atoms with E-state index in [4.69, 9.17) is 4.74 Å². The van der Waals surface area contributed by atoms with Gasteiger partial charge in [0.2, 0.25) is 11.8 Å². The highest BCUT2D eigenvalue weighted by Crippen LogP contribution is 2.34. The molecular formula is C24H26N6O5S. The van der Waals surface area contributed by atoms with E-state index in [0.29, 0.717) is 54.4 Å². The Morgan fingerprint density at radius 1 is 1.17 bits per heavy atom. The van der Waals surface area contributed by atoms with Crippen LogP contribution in [0.1, 0.15) is 39.8 Å². The molecular weight excluding hydrogens is 484 g/mol. The van der Waals surface area contributed by atoms with Gasteiger partial charge in [0.05, 0.1) is 17.3 Å². The molecule has 2 fully saturated rings. The quantitative estimate of drug-likeness (QED) is 0.512. The number of aryl methyl sites for hydroxylation is 2. The van der Waals surface area contributed by atoms with Crippen molar-refractivity contribution in [2.45, 2.75) is 25.7 Å². The van der Waals surface area contributed by atoms with Crippen LogP contribution in [0, 0.1) is 6.92 Å². The van der Waals surface area contributed by atoms with Gasteiger partial charge in [-0.05, 0) is 37.0 Å². The Morgan fingerprint density at radius 3 is 2.61 bits per heavy atom. The molecule has 1 aromatic carbocycles. The standard InChI is InChI=1S/C24H26N6O5S/c1-14-12-18(36-27-14)24(34)30-10-8-29(9-11-30)20(32)13-35-17-5-3-4-15-21(26-28(2)22(15)17)16-6-7-19(31)25-23(16)33/h3-5,12,16H,6-11,13H2,1-2H3,(H,25,31,33). The van der Waals surface area contributed by atoms with Crippen LogP contribution in [0.5, 0.6) is 5.75 Å². The predicted molar refractivity (Wildman–Crippen MR) is 131 cm³/mol. The number of para-hydroxylation sites is 1. The molecule has 1 atom stereocenters. The summed E-state index contributed by atoms with van der Waals surface area (Å²) in [5.74, 6) is -0.877. The van der Waals surface area contributed by atoms with Crippen LogP contribution in [0.15, 0.2) is 24.3 Å². The number of piperazine rings is 1. The van der Waals surface area contributed by atoms with Crippen LogP contribution in [-0.2, 0) is 21.4 Å². The molecule has 2 aliphatic rings. The van der Waals surface area contributed by atoms with Gasteiger partial charge in [0.1, 0.15) is 16.1 Å². The number of hydrogen-bond acceptors (Lipinski definition) is 8. The Kier molecular flexibility index (Phi) is 6.44. The molecule has 36 heavy (non-hydrogen) atoms. The second-order valence-electron chi connectivity index (χ2n) is 8.96. The van der Waals surface area contributed by atoms with Gasteiger partial charge in [-0.2, -0.15) is 9.47 Å². The first-order valence-corrected chi connectivity index (χ1v) is 12.5. The van der Waals surface area contributed by atoms with Gasteiger partial charge in [-0.1, -0.05) is 12.1 Å². The molecule has 0 bridgehead atoms. The average molecular weight is 511 g/mol. The van der Waals surface area contributed by atoms with Crippen molar-refractivity contribution >= 4 is 46.1 Å². The fourth-order valence-electron chi connectivity index (χ4n) is 4.67. The highest BCUT2D eigenvalue weighted by Gasteiger charge is 2.32. The number of benzene rings is 1. The van der Waals surface area contributed by atoms with Gasteiger partial charge < -0.3 is 14.5 Å². The summed E-state index contributed by atoms with van der Waals surface area (Å²) >= 11 is 1.19. The molecule has 3 aromatic rings. The normalized spacial score (nSPS) is 18.4. The number of imide groups is 1. The number of rotatable bonds is 5. The number of aromatic nitrogens is 3. The molecule has 4 amide bonds. The van der Waals surface area contributed by atoms with Crippen LogP contribution in [0.2, 0.25) is 0 Å². The highest BCUT2D eigenvalue weighted by molar-refractivity contribution is 7.08. The Hall–Kier alpha value is -3.80. The van der Waals surface area contributed by atoms with Crippen molar-refractivity contribution in [1.82, 2.24) is 29.3 Å². The average Bonchev–Trinajstić information content (AvgIpc) is 3.45. The lowest BCUT2D eigenvalue weighted by Gasteiger charge is -2.34. The van der Waals surface area contributed by atoms with Crippen molar-refractivity contribution in [1.29, 1.82) is 0 Å². The monoisotopic (exact) mass is 510 g/mol. The van der Waals surface area contributed by atoms with Crippen molar-refractivity contribution in [2.24, 2.45) is 7.05 Å². The third kappa shape index (κ3) is 4.55. The van der Waals surface area contributed by atoms with Gasteiger partial charge in [0, 0.05) is 45.0 Å². The van der Waals surface area contributed by atoms with Gasteiger partial charge in [0.15, 0.2) is 6.61 Å². The number of amides is 4. The number of nitrogens with one attached hydrogen (secondary N) is 1. The Balaban J connectivity index is 1.23. The van der Waals surface area contributed by atoms with E-state index >= 15 is 0 Å². The smallest absolute Gasteiger partial charge is 0.265 e. The van der Waals surface area contributed by atoms with Gasteiger partial charge in [-0.25, -0.2) is 0 Å². The van der Waals surface area contributed by atoms with E-state index < -0.39 is 5.92 Å². The van der Waals surface area contributed by atoms with Gasteiger partial charge in [-0.15, -0.1) is 0 Å². The highest BCUT2D eigenvalue weighted by atomic mass is 32.1. The van der Waals surface area contributed by atoms with E-state index in [9.17, 15) is 19.2 Å². The van der Waals surface area contributed by atoms with Gasteiger partial charge in [0.25, 0.3) is 11.8 Å². The summed E-state index contributed by atoms with van der Waals surface area (Å²) in [4.78, 5) is 53.4. The first-order chi connectivity index (χ1) is 17.3. The summed E-state index contributed by atoms with van der Waals surface area (Å²) in [6.45, 7) is 3.47. The number of carbonyl (C=O) groups is 4. The maximum absolute atomic E-state index is 12.9. The minimum atomic E-state index is -0.517. The topological polar surface area (TPSA) is 127 Å². The van der Waals surface area contributed by atoms with Crippen LogP contribution in [0.25, 0.3) is 10.9 Å². The van der Waals surface area contributed by atoms with Crippen molar-refractivity contribution in [3.63, 3.8) is 0 Å². The summed E-state index contributed by atoms with van der Waals surface area (Å²) in [5.41, 5.74) is 2.09. The summed E-state index contributed by atoms with van der Waals surface area (Å²) in [7, 11) is 1.76. The fraction of sp³-hybridized carbons (Fsp3) is 0.417. The lowest BCUT2D eigenvalue weighted by atomic mass is 9.93. The second-order valence-corrected chi connectivity index (χ2v) is 9.76. The van der Waals surface area contributed by atoms with E-state index in [1.807, 2.05) is 13.0 Å². The van der Waals surface area contributed by atoms with E-state index in [2.05, 4.69) is 14.8 Å². The summed E-state index contributed by atoms with van der Waals surface area (Å²) < 4.78 is 11.7. The molecule has 188 valence electrons. The maximum Gasteiger partial charge on any atom is 0.265 e. The van der Waals surface area contributed by atoms with Crippen LogP contribution >= 0.6 is 11.5 Å². The zero-order valence-corrected chi connectivity index (χ0v) is 20.8. The molecule has 0 spiro atoms. The Bertz CT molecular complexity index is 1360. The van der Waals surface area contributed by atoms with E-state index in [1.165, 1.54) is 11.5 Å². The van der Waals surface area contributed by atoms with Gasteiger partial charge >= 0.3 is 0 Å². The molecule has 11 nitrogen and oxygen atoms in total. The van der Waals surface area contributed by atoms with E-state index in [0.717, 1.165) is 11.1 Å². The molecule has 2 aromatic heterocycles. The number of hydrogen-bond donors (Lipinski definition) is 1. The lowest BCUT2D eigenvalue weighted by Crippen LogP contribution is -2.51. The number of carbonyl (C=O) groups excluding carboxylic acids is 4. The zero-order valence-electron chi connectivity index (χ0n) is 20.0.